The maximum Gasteiger partial charge on any atom is 0.243 e. The average molecular weight is 447 g/mol. The minimum absolute atomic E-state index is 0.00671. The summed E-state index contributed by atoms with van der Waals surface area (Å²) >= 11 is 0. The highest BCUT2D eigenvalue weighted by molar-refractivity contribution is 7.89. The number of hydrogen-bond acceptors (Lipinski definition) is 4. The molecule has 0 atom stereocenters. The van der Waals surface area contributed by atoms with Crippen molar-refractivity contribution in [3.63, 3.8) is 0 Å². The summed E-state index contributed by atoms with van der Waals surface area (Å²) in [5, 5.41) is 0. The first-order valence-corrected chi connectivity index (χ1v) is 12.0. The van der Waals surface area contributed by atoms with Gasteiger partial charge in [-0.15, -0.1) is 0 Å². The third-order valence-corrected chi connectivity index (χ3v) is 7.98. The van der Waals surface area contributed by atoms with Gasteiger partial charge in [-0.3, -0.25) is 4.79 Å². The fourth-order valence-electron chi connectivity index (χ4n) is 4.06. The van der Waals surface area contributed by atoms with Crippen molar-refractivity contribution >= 4 is 15.9 Å². The van der Waals surface area contributed by atoms with Crippen LogP contribution in [-0.4, -0.2) is 49.8 Å². The average Bonchev–Trinajstić information content (AvgIpc) is 3.63. The van der Waals surface area contributed by atoms with E-state index >= 15 is 0 Å². The Morgan fingerprint density at radius 1 is 1.06 bits per heavy atom. The van der Waals surface area contributed by atoms with Crippen molar-refractivity contribution < 1.29 is 22.3 Å². The molecule has 1 saturated carbocycles. The summed E-state index contributed by atoms with van der Waals surface area (Å²) in [6.07, 6.45) is 2.80. The van der Waals surface area contributed by atoms with E-state index in [9.17, 15) is 17.6 Å². The van der Waals surface area contributed by atoms with E-state index in [0.717, 1.165) is 12.8 Å². The largest absolute Gasteiger partial charge is 0.497 e. The third-order valence-electron chi connectivity index (χ3n) is 6.07. The molecule has 4 rings (SSSR count). The van der Waals surface area contributed by atoms with Crippen LogP contribution in [0.3, 0.4) is 0 Å². The van der Waals surface area contributed by atoms with Crippen LogP contribution >= 0.6 is 0 Å². The van der Waals surface area contributed by atoms with Crippen LogP contribution in [0.2, 0.25) is 0 Å². The number of hydrogen-bond donors (Lipinski definition) is 0. The first-order chi connectivity index (χ1) is 14.9. The van der Waals surface area contributed by atoms with Crippen LogP contribution in [0.1, 0.15) is 31.2 Å². The maximum atomic E-state index is 14.1. The molecule has 0 spiro atoms. The molecular formula is C23H27FN2O4S. The summed E-state index contributed by atoms with van der Waals surface area (Å²) < 4.78 is 46.5. The van der Waals surface area contributed by atoms with Crippen LogP contribution in [0.5, 0.6) is 5.75 Å². The smallest absolute Gasteiger partial charge is 0.243 e. The summed E-state index contributed by atoms with van der Waals surface area (Å²) in [7, 11) is -2.08. The van der Waals surface area contributed by atoms with E-state index in [2.05, 4.69) is 0 Å². The molecule has 0 radical (unpaired) electrons. The van der Waals surface area contributed by atoms with Crippen molar-refractivity contribution in [3.8, 4) is 5.75 Å². The Hall–Kier alpha value is -2.45. The summed E-state index contributed by atoms with van der Waals surface area (Å²) in [4.78, 5) is 15.2. The zero-order chi connectivity index (χ0) is 22.0. The van der Waals surface area contributed by atoms with Gasteiger partial charge >= 0.3 is 0 Å². The first kappa shape index (κ1) is 21.8. The Kier molecular flexibility index (Phi) is 6.29. The molecule has 2 aromatic rings. The maximum absolute atomic E-state index is 14.1. The van der Waals surface area contributed by atoms with Crippen molar-refractivity contribution in [1.82, 2.24) is 9.21 Å². The molecule has 1 heterocycles. The van der Waals surface area contributed by atoms with E-state index < -0.39 is 10.0 Å². The topological polar surface area (TPSA) is 66.9 Å². The van der Waals surface area contributed by atoms with E-state index in [1.165, 1.54) is 29.6 Å². The van der Waals surface area contributed by atoms with Gasteiger partial charge in [-0.1, -0.05) is 18.2 Å². The standard InChI is InChI=1S/C23H27FN2O4S/c1-30-20-8-10-21(11-9-20)31(28,29)25-14-12-17(13-15-25)23(27)26(19-6-7-19)16-18-4-2-3-5-22(18)24/h2-5,8-11,17,19H,6-7,12-16H2,1H3. The number of halogens is 1. The Morgan fingerprint density at radius 2 is 1.71 bits per heavy atom. The Morgan fingerprint density at radius 3 is 2.29 bits per heavy atom. The highest BCUT2D eigenvalue weighted by Crippen LogP contribution is 2.33. The Labute approximate surface area is 182 Å². The minimum atomic E-state index is -3.61. The first-order valence-electron chi connectivity index (χ1n) is 10.6. The SMILES string of the molecule is COc1ccc(S(=O)(=O)N2CCC(C(=O)N(Cc3ccccc3F)C3CC3)CC2)cc1. The van der Waals surface area contributed by atoms with Crippen LogP contribution in [0.4, 0.5) is 4.39 Å². The zero-order valence-corrected chi connectivity index (χ0v) is 18.4. The van der Waals surface area contributed by atoms with Crippen LogP contribution < -0.4 is 4.74 Å². The van der Waals surface area contributed by atoms with Crippen LogP contribution in [0.25, 0.3) is 0 Å². The lowest BCUT2D eigenvalue weighted by atomic mass is 9.96. The van der Waals surface area contributed by atoms with Gasteiger partial charge in [0.2, 0.25) is 15.9 Å². The fraction of sp³-hybridized carbons (Fsp3) is 0.435. The number of ether oxygens (including phenoxy) is 1. The predicted octanol–water partition coefficient (Wildman–Crippen LogP) is 3.43. The molecule has 1 saturated heterocycles. The quantitative estimate of drug-likeness (QED) is 0.654. The summed E-state index contributed by atoms with van der Waals surface area (Å²) in [5.41, 5.74) is 0.516. The number of rotatable bonds is 7. The summed E-state index contributed by atoms with van der Waals surface area (Å²) in [5.74, 6) is 0.0570. The number of carbonyl (C=O) groups is 1. The number of amides is 1. The second-order valence-corrected chi connectivity index (χ2v) is 10.1. The van der Waals surface area contributed by atoms with Gasteiger partial charge in [0.05, 0.1) is 12.0 Å². The molecule has 1 aliphatic carbocycles. The molecular weight excluding hydrogens is 419 g/mol. The lowest BCUT2D eigenvalue weighted by molar-refractivity contribution is -0.138. The van der Waals surface area contributed by atoms with E-state index in [-0.39, 0.29) is 35.1 Å². The van der Waals surface area contributed by atoms with Gasteiger partial charge in [0.25, 0.3) is 0 Å². The lowest BCUT2D eigenvalue weighted by Gasteiger charge is -2.34. The Bertz CT molecular complexity index is 1030. The highest BCUT2D eigenvalue weighted by Gasteiger charge is 2.39. The van der Waals surface area contributed by atoms with Crippen molar-refractivity contribution in [2.45, 2.75) is 43.2 Å². The van der Waals surface area contributed by atoms with Gasteiger partial charge in [0.1, 0.15) is 11.6 Å². The molecule has 1 amide bonds. The molecule has 8 heteroatoms. The van der Waals surface area contributed by atoms with Crippen molar-refractivity contribution in [2.24, 2.45) is 5.92 Å². The molecule has 0 unspecified atom stereocenters. The molecule has 166 valence electrons. The van der Waals surface area contributed by atoms with Crippen molar-refractivity contribution in [2.75, 3.05) is 20.2 Å². The summed E-state index contributed by atoms with van der Waals surface area (Å²) in [6, 6.07) is 13.0. The molecule has 2 aromatic carbocycles. The van der Waals surface area contributed by atoms with Gasteiger partial charge in [-0.25, -0.2) is 12.8 Å². The van der Waals surface area contributed by atoms with Gasteiger partial charge in [0, 0.05) is 37.2 Å². The molecule has 2 fully saturated rings. The molecule has 2 aliphatic rings. The second-order valence-electron chi connectivity index (χ2n) is 8.14. The number of piperidine rings is 1. The lowest BCUT2D eigenvalue weighted by Crippen LogP contribution is -2.44. The normalized spacial score (nSPS) is 18.0. The fourth-order valence-corrected chi connectivity index (χ4v) is 5.53. The summed E-state index contributed by atoms with van der Waals surface area (Å²) in [6.45, 7) is 0.854. The van der Waals surface area contributed by atoms with Gasteiger partial charge in [-0.05, 0) is 56.0 Å². The number of nitrogens with zero attached hydrogens (tertiary/aromatic N) is 2. The number of benzene rings is 2. The van der Waals surface area contributed by atoms with Crippen molar-refractivity contribution in [3.05, 3.63) is 59.9 Å². The molecule has 6 nitrogen and oxygen atoms in total. The van der Waals surface area contributed by atoms with Gasteiger partial charge in [-0.2, -0.15) is 4.31 Å². The molecule has 0 bridgehead atoms. The zero-order valence-electron chi connectivity index (χ0n) is 17.5. The second kappa shape index (κ2) is 8.96. The molecule has 0 aromatic heterocycles. The van der Waals surface area contributed by atoms with Crippen LogP contribution in [0, 0.1) is 11.7 Å². The van der Waals surface area contributed by atoms with Crippen LogP contribution in [0.15, 0.2) is 53.4 Å². The van der Waals surface area contributed by atoms with Gasteiger partial charge < -0.3 is 9.64 Å². The van der Waals surface area contributed by atoms with E-state index in [4.69, 9.17) is 4.74 Å². The van der Waals surface area contributed by atoms with Gasteiger partial charge in [0.15, 0.2) is 0 Å². The molecule has 0 N–H and O–H groups in total. The minimum Gasteiger partial charge on any atom is -0.497 e. The molecule has 1 aliphatic heterocycles. The van der Waals surface area contributed by atoms with E-state index in [1.54, 1.807) is 35.2 Å². The third kappa shape index (κ3) is 4.75. The number of sulfonamides is 1. The molecule has 31 heavy (non-hydrogen) atoms. The van der Waals surface area contributed by atoms with Crippen molar-refractivity contribution in [1.29, 1.82) is 0 Å². The van der Waals surface area contributed by atoms with E-state index in [1.807, 2.05) is 0 Å². The highest BCUT2D eigenvalue weighted by atomic mass is 32.2. The van der Waals surface area contributed by atoms with Crippen LogP contribution in [-0.2, 0) is 21.4 Å². The predicted molar refractivity (Wildman–Crippen MR) is 114 cm³/mol. The Balaban J connectivity index is 1.41. The number of carbonyl (C=O) groups excluding carboxylic acids is 1. The number of methoxy groups -OCH3 is 1. The monoisotopic (exact) mass is 446 g/mol. The van der Waals surface area contributed by atoms with E-state index in [0.29, 0.717) is 37.2 Å².